The van der Waals surface area contributed by atoms with E-state index in [-0.39, 0.29) is 11.9 Å². The van der Waals surface area contributed by atoms with Crippen LogP contribution in [0.1, 0.15) is 30.8 Å². The van der Waals surface area contributed by atoms with Crippen molar-refractivity contribution in [2.45, 2.75) is 31.1 Å². The van der Waals surface area contributed by atoms with Gasteiger partial charge in [0, 0.05) is 24.1 Å². The standard InChI is InChI=1S/C10H16BrN3O/c1-7(11)4-8(2)13-10(15)9-5-14(3)6-12-9/h5-8H,4H2,1-3H3,(H,13,15). The van der Waals surface area contributed by atoms with Crippen LogP contribution in [0.25, 0.3) is 0 Å². The van der Waals surface area contributed by atoms with Gasteiger partial charge in [0.05, 0.1) is 6.33 Å². The molecule has 0 aliphatic rings. The third-order valence-electron chi connectivity index (χ3n) is 1.99. The number of hydrogen-bond acceptors (Lipinski definition) is 2. The van der Waals surface area contributed by atoms with Gasteiger partial charge in [0.25, 0.3) is 5.91 Å². The minimum Gasteiger partial charge on any atom is -0.348 e. The van der Waals surface area contributed by atoms with Gasteiger partial charge in [-0.25, -0.2) is 4.98 Å². The molecule has 1 N–H and O–H groups in total. The Morgan fingerprint density at radius 1 is 1.67 bits per heavy atom. The number of nitrogens with zero attached hydrogens (tertiary/aromatic N) is 2. The fourth-order valence-electron chi connectivity index (χ4n) is 1.37. The third-order valence-corrected chi connectivity index (χ3v) is 2.37. The van der Waals surface area contributed by atoms with Crippen LogP contribution < -0.4 is 5.32 Å². The van der Waals surface area contributed by atoms with Crippen molar-refractivity contribution in [2.24, 2.45) is 7.05 Å². The lowest BCUT2D eigenvalue weighted by Gasteiger charge is -2.13. The molecular formula is C10H16BrN3O. The highest BCUT2D eigenvalue weighted by molar-refractivity contribution is 9.09. The van der Waals surface area contributed by atoms with E-state index < -0.39 is 0 Å². The van der Waals surface area contributed by atoms with Crippen molar-refractivity contribution in [1.82, 2.24) is 14.9 Å². The second-order valence-corrected chi connectivity index (χ2v) is 5.38. The normalized spacial score (nSPS) is 14.7. The zero-order valence-electron chi connectivity index (χ0n) is 9.20. The molecule has 0 aliphatic heterocycles. The highest BCUT2D eigenvalue weighted by Gasteiger charge is 2.13. The molecule has 0 saturated heterocycles. The Kier molecular flexibility index (Phi) is 4.32. The van der Waals surface area contributed by atoms with Crippen molar-refractivity contribution < 1.29 is 4.79 Å². The van der Waals surface area contributed by atoms with Crippen LogP contribution in [0.3, 0.4) is 0 Å². The van der Waals surface area contributed by atoms with Gasteiger partial charge in [0.1, 0.15) is 5.69 Å². The summed E-state index contributed by atoms with van der Waals surface area (Å²) < 4.78 is 1.76. The lowest BCUT2D eigenvalue weighted by molar-refractivity contribution is 0.0934. The Balaban J connectivity index is 2.49. The van der Waals surface area contributed by atoms with E-state index >= 15 is 0 Å². The fraction of sp³-hybridized carbons (Fsp3) is 0.600. The van der Waals surface area contributed by atoms with Gasteiger partial charge in [-0.1, -0.05) is 22.9 Å². The van der Waals surface area contributed by atoms with Crippen LogP contribution in [0.4, 0.5) is 0 Å². The van der Waals surface area contributed by atoms with Gasteiger partial charge in [-0.2, -0.15) is 0 Å². The number of alkyl halides is 1. The minimum atomic E-state index is -0.115. The van der Waals surface area contributed by atoms with Crippen LogP contribution in [0, 0.1) is 0 Å². The summed E-state index contributed by atoms with van der Waals surface area (Å²) >= 11 is 3.45. The molecule has 15 heavy (non-hydrogen) atoms. The number of carbonyl (C=O) groups excluding carboxylic acids is 1. The van der Waals surface area contributed by atoms with E-state index in [1.807, 2.05) is 14.0 Å². The first kappa shape index (κ1) is 12.2. The summed E-state index contributed by atoms with van der Waals surface area (Å²) in [7, 11) is 1.84. The SMILES string of the molecule is CC(Br)CC(C)NC(=O)c1cn(C)cn1. The van der Waals surface area contributed by atoms with Gasteiger partial charge in [0.2, 0.25) is 0 Å². The molecule has 1 rings (SSSR count). The Bertz CT molecular complexity index is 335. The highest BCUT2D eigenvalue weighted by Crippen LogP contribution is 2.07. The maximum Gasteiger partial charge on any atom is 0.271 e. The molecule has 5 heteroatoms. The van der Waals surface area contributed by atoms with Gasteiger partial charge < -0.3 is 9.88 Å². The minimum absolute atomic E-state index is 0.115. The van der Waals surface area contributed by atoms with E-state index in [0.717, 1.165) is 6.42 Å². The van der Waals surface area contributed by atoms with Crippen molar-refractivity contribution in [1.29, 1.82) is 0 Å². The van der Waals surface area contributed by atoms with Crippen LogP contribution in [-0.4, -0.2) is 26.3 Å². The van der Waals surface area contributed by atoms with Crippen molar-refractivity contribution >= 4 is 21.8 Å². The molecule has 4 nitrogen and oxygen atoms in total. The van der Waals surface area contributed by atoms with E-state index in [2.05, 4.69) is 33.2 Å². The fourth-order valence-corrected chi connectivity index (χ4v) is 1.93. The zero-order valence-corrected chi connectivity index (χ0v) is 10.8. The number of amides is 1. The summed E-state index contributed by atoms with van der Waals surface area (Å²) in [4.78, 5) is 16.0. The molecule has 1 amide bonds. The maximum atomic E-state index is 11.6. The summed E-state index contributed by atoms with van der Waals surface area (Å²) in [6, 6.07) is 0.147. The maximum absolute atomic E-state index is 11.6. The lowest BCUT2D eigenvalue weighted by atomic mass is 10.2. The number of imidazole rings is 1. The quantitative estimate of drug-likeness (QED) is 0.850. The van der Waals surface area contributed by atoms with E-state index in [4.69, 9.17) is 0 Å². The Labute approximate surface area is 98.2 Å². The van der Waals surface area contributed by atoms with Crippen molar-refractivity contribution in [3.63, 3.8) is 0 Å². The topological polar surface area (TPSA) is 46.9 Å². The molecule has 0 fully saturated rings. The molecule has 0 bridgehead atoms. The number of aryl methyl sites for hydroxylation is 1. The number of rotatable bonds is 4. The second kappa shape index (κ2) is 5.30. The van der Waals surface area contributed by atoms with E-state index in [1.165, 1.54) is 0 Å². The number of nitrogens with one attached hydrogen (secondary N) is 1. The predicted octanol–water partition coefficient (Wildman–Crippen LogP) is 1.71. The zero-order chi connectivity index (χ0) is 11.4. The Hall–Kier alpha value is -0.840. The number of aromatic nitrogens is 2. The number of carbonyl (C=O) groups is 1. The van der Waals surface area contributed by atoms with Crippen LogP contribution in [0.2, 0.25) is 0 Å². The second-order valence-electron chi connectivity index (χ2n) is 3.82. The summed E-state index contributed by atoms with van der Waals surface area (Å²) in [6.45, 7) is 4.04. The molecule has 0 aromatic carbocycles. The van der Waals surface area contributed by atoms with Crippen molar-refractivity contribution in [3.8, 4) is 0 Å². The van der Waals surface area contributed by atoms with Gasteiger partial charge >= 0.3 is 0 Å². The van der Waals surface area contributed by atoms with Gasteiger partial charge in [-0.15, -0.1) is 0 Å². The largest absolute Gasteiger partial charge is 0.348 e. The summed E-state index contributed by atoms with van der Waals surface area (Å²) in [6.07, 6.45) is 4.23. The van der Waals surface area contributed by atoms with Crippen molar-refractivity contribution in [2.75, 3.05) is 0 Å². The number of hydrogen-bond donors (Lipinski definition) is 1. The molecule has 84 valence electrons. The molecule has 0 saturated carbocycles. The molecule has 1 aromatic heterocycles. The van der Waals surface area contributed by atoms with Crippen molar-refractivity contribution in [3.05, 3.63) is 18.2 Å². The number of halogens is 1. The molecule has 2 atom stereocenters. The first-order valence-electron chi connectivity index (χ1n) is 4.92. The van der Waals surface area contributed by atoms with Crippen LogP contribution in [-0.2, 0) is 7.05 Å². The average Bonchev–Trinajstić information content (AvgIpc) is 2.49. The molecule has 0 radical (unpaired) electrons. The summed E-state index contributed by atoms with van der Waals surface area (Å²) in [5.74, 6) is -0.115. The third kappa shape index (κ3) is 4.03. The van der Waals surface area contributed by atoms with Crippen LogP contribution >= 0.6 is 15.9 Å². The van der Waals surface area contributed by atoms with Gasteiger partial charge in [0.15, 0.2) is 0 Å². The molecular weight excluding hydrogens is 258 g/mol. The summed E-state index contributed by atoms with van der Waals surface area (Å²) in [5.41, 5.74) is 0.464. The van der Waals surface area contributed by atoms with Crippen LogP contribution in [0.5, 0.6) is 0 Å². The molecule has 1 heterocycles. The average molecular weight is 274 g/mol. The first-order chi connectivity index (χ1) is 6.99. The molecule has 0 spiro atoms. The van der Waals surface area contributed by atoms with E-state index in [1.54, 1.807) is 17.1 Å². The van der Waals surface area contributed by atoms with Gasteiger partial charge in [-0.05, 0) is 13.3 Å². The molecule has 0 aliphatic carbocycles. The lowest BCUT2D eigenvalue weighted by Crippen LogP contribution is -2.34. The first-order valence-corrected chi connectivity index (χ1v) is 5.83. The Morgan fingerprint density at radius 2 is 2.33 bits per heavy atom. The monoisotopic (exact) mass is 273 g/mol. The smallest absolute Gasteiger partial charge is 0.271 e. The molecule has 1 aromatic rings. The predicted molar refractivity (Wildman–Crippen MR) is 63.1 cm³/mol. The Morgan fingerprint density at radius 3 is 2.80 bits per heavy atom. The molecule has 2 unspecified atom stereocenters. The van der Waals surface area contributed by atoms with Gasteiger partial charge in [-0.3, -0.25) is 4.79 Å². The summed E-state index contributed by atoms with van der Waals surface area (Å²) in [5, 5.41) is 2.90. The van der Waals surface area contributed by atoms with Crippen LogP contribution in [0.15, 0.2) is 12.5 Å². The van der Waals surface area contributed by atoms with E-state index in [9.17, 15) is 4.79 Å². The van der Waals surface area contributed by atoms with E-state index in [0.29, 0.717) is 10.5 Å². The highest BCUT2D eigenvalue weighted by atomic mass is 79.9.